The molecule has 1 unspecified atom stereocenters. The van der Waals surface area contributed by atoms with E-state index >= 15 is 0 Å². The first kappa shape index (κ1) is 30.8. The second kappa shape index (κ2) is 16.4. The topological polar surface area (TPSA) is 114 Å². The van der Waals surface area contributed by atoms with E-state index in [9.17, 15) is 19.6 Å². The van der Waals surface area contributed by atoms with Crippen LogP contribution in [0.25, 0.3) is 0 Å². The van der Waals surface area contributed by atoms with E-state index in [0.717, 1.165) is 17.5 Å². The number of hydroxylamine groups is 1. The molecule has 0 saturated heterocycles. The minimum absolute atomic E-state index is 0.116. The van der Waals surface area contributed by atoms with E-state index in [0.29, 0.717) is 32.4 Å². The quantitative estimate of drug-likeness (QED) is 0.222. The van der Waals surface area contributed by atoms with E-state index in [2.05, 4.69) is 10.7 Å². The van der Waals surface area contributed by atoms with Crippen molar-refractivity contribution in [1.29, 1.82) is 0 Å². The Morgan fingerprint density at radius 1 is 0.868 bits per heavy atom. The van der Waals surface area contributed by atoms with Gasteiger partial charge in [-0.2, -0.15) is 0 Å². The second-order valence-corrected chi connectivity index (χ2v) is 10.3. The van der Waals surface area contributed by atoms with Gasteiger partial charge in [-0.3, -0.25) is 20.2 Å². The van der Waals surface area contributed by atoms with Gasteiger partial charge in [0, 0.05) is 13.1 Å². The summed E-state index contributed by atoms with van der Waals surface area (Å²) in [7, 11) is 3.83. The lowest BCUT2D eigenvalue weighted by molar-refractivity contribution is -0.142. The van der Waals surface area contributed by atoms with Gasteiger partial charge < -0.3 is 10.2 Å². The predicted molar refractivity (Wildman–Crippen MR) is 148 cm³/mol. The van der Waals surface area contributed by atoms with Crippen molar-refractivity contribution < 1.29 is 19.6 Å². The van der Waals surface area contributed by atoms with Crippen LogP contribution < -0.4 is 16.2 Å². The van der Waals surface area contributed by atoms with E-state index in [-0.39, 0.29) is 12.5 Å². The van der Waals surface area contributed by atoms with Crippen molar-refractivity contribution in [3.63, 3.8) is 0 Å². The summed E-state index contributed by atoms with van der Waals surface area (Å²) in [5.41, 5.74) is 6.54. The van der Waals surface area contributed by atoms with Gasteiger partial charge in [-0.05, 0) is 56.8 Å². The van der Waals surface area contributed by atoms with E-state index in [4.69, 9.17) is 0 Å². The minimum Gasteiger partial charge on any atom is -0.335 e. The zero-order valence-corrected chi connectivity index (χ0v) is 23.0. The van der Waals surface area contributed by atoms with E-state index in [1.54, 1.807) is 5.48 Å². The van der Waals surface area contributed by atoms with Gasteiger partial charge in [0.25, 0.3) is 0 Å². The van der Waals surface area contributed by atoms with Crippen molar-refractivity contribution >= 4 is 17.8 Å². The molecule has 38 heavy (non-hydrogen) atoms. The lowest BCUT2D eigenvalue weighted by Gasteiger charge is -2.30. The smallest absolute Gasteiger partial charge is 0.335 e. The Bertz CT molecular complexity index is 985. The minimum atomic E-state index is -0.749. The van der Waals surface area contributed by atoms with Crippen molar-refractivity contribution in [2.24, 2.45) is 17.8 Å². The largest absolute Gasteiger partial charge is 0.336 e. The van der Waals surface area contributed by atoms with Crippen LogP contribution in [0.15, 0.2) is 60.7 Å². The molecule has 9 heteroatoms. The van der Waals surface area contributed by atoms with Crippen LogP contribution >= 0.6 is 0 Å². The highest BCUT2D eigenvalue weighted by atomic mass is 16.5. The molecule has 4 N–H and O–H groups in total. The summed E-state index contributed by atoms with van der Waals surface area (Å²) >= 11 is 0. The Kier molecular flexibility index (Phi) is 13.3. The van der Waals surface area contributed by atoms with Crippen LogP contribution in [0.1, 0.15) is 44.2 Å². The second-order valence-electron chi connectivity index (χ2n) is 10.3. The number of benzene rings is 2. The molecule has 2 atom stereocenters. The number of aryl methyl sites for hydroxylation is 1. The summed E-state index contributed by atoms with van der Waals surface area (Å²) in [5, 5.41) is 13.6. The predicted octanol–water partition coefficient (Wildman–Crippen LogP) is 3.60. The van der Waals surface area contributed by atoms with E-state index in [1.807, 2.05) is 93.5 Å². The molecule has 2 aromatic carbocycles. The number of carbonyl (C=O) groups is 3. The molecule has 0 aromatic heterocycles. The van der Waals surface area contributed by atoms with Crippen LogP contribution in [0.5, 0.6) is 0 Å². The highest BCUT2D eigenvalue weighted by molar-refractivity contribution is 5.88. The molecular weight excluding hydrogens is 482 g/mol. The Morgan fingerprint density at radius 2 is 1.47 bits per heavy atom. The third kappa shape index (κ3) is 10.9. The van der Waals surface area contributed by atoms with Crippen molar-refractivity contribution in [3.8, 4) is 0 Å². The molecule has 0 aliphatic heterocycles. The maximum absolute atomic E-state index is 13.7. The number of carbonyl (C=O) groups excluding carboxylic acids is 3. The van der Waals surface area contributed by atoms with Crippen LogP contribution in [-0.4, -0.2) is 60.1 Å². The molecule has 0 fully saturated rings. The average Bonchev–Trinajstić information content (AvgIpc) is 2.90. The normalized spacial score (nSPS) is 12.6. The number of hydrazine groups is 1. The summed E-state index contributed by atoms with van der Waals surface area (Å²) in [6, 6.07) is 18.9. The van der Waals surface area contributed by atoms with Crippen LogP contribution in [-0.2, 0) is 22.6 Å². The van der Waals surface area contributed by atoms with Crippen LogP contribution in [0.2, 0.25) is 0 Å². The Hall–Kier alpha value is -3.43. The number of rotatable bonds is 14. The van der Waals surface area contributed by atoms with Gasteiger partial charge in [-0.25, -0.2) is 15.3 Å². The van der Waals surface area contributed by atoms with Crippen molar-refractivity contribution in [3.05, 3.63) is 71.8 Å². The van der Waals surface area contributed by atoms with Crippen LogP contribution in [0.4, 0.5) is 4.79 Å². The first-order valence-electron chi connectivity index (χ1n) is 13.2. The summed E-state index contributed by atoms with van der Waals surface area (Å²) in [4.78, 5) is 41.4. The van der Waals surface area contributed by atoms with Gasteiger partial charge in [0.2, 0.25) is 11.8 Å². The third-order valence-corrected chi connectivity index (χ3v) is 6.33. The van der Waals surface area contributed by atoms with Gasteiger partial charge >= 0.3 is 6.03 Å². The summed E-state index contributed by atoms with van der Waals surface area (Å²) in [5.74, 6) is -2.38. The van der Waals surface area contributed by atoms with E-state index in [1.165, 1.54) is 5.01 Å². The lowest BCUT2D eigenvalue weighted by atomic mass is 9.81. The number of nitrogens with zero attached hydrogens (tertiary/aromatic N) is 2. The highest BCUT2D eigenvalue weighted by Crippen LogP contribution is 2.26. The summed E-state index contributed by atoms with van der Waals surface area (Å²) in [6.45, 7) is 5.19. The molecular formula is C29H43N5O4. The lowest BCUT2D eigenvalue weighted by Crippen LogP contribution is -2.54. The molecule has 0 spiro atoms. The molecule has 0 aliphatic carbocycles. The van der Waals surface area contributed by atoms with Gasteiger partial charge in [0.05, 0.1) is 18.4 Å². The number of hydrogen-bond acceptors (Lipinski definition) is 5. The fourth-order valence-corrected chi connectivity index (χ4v) is 4.36. The van der Waals surface area contributed by atoms with Gasteiger partial charge in [0.1, 0.15) is 0 Å². The molecule has 9 nitrogen and oxygen atoms in total. The highest BCUT2D eigenvalue weighted by Gasteiger charge is 2.35. The number of urea groups is 1. The summed E-state index contributed by atoms with van der Waals surface area (Å²) in [6.07, 6.45) is 2.26. The fraction of sp³-hybridized carbons (Fsp3) is 0.483. The van der Waals surface area contributed by atoms with Crippen molar-refractivity contribution in [1.82, 2.24) is 26.1 Å². The standard InChI is InChI=1S/C29H43N5O4/c1-22(2)20-26(25(28(36)32-38)17-11-16-23-12-7-5-8-13-23)27(35)31-34(21-24-14-9-6-10-15-24)29(37)30-18-19-33(3)4/h5-10,12-15,22,25-26,38H,11,16-21H2,1-4H3,(H,30,37)(H,31,35)(H,32,36)/t25?,26-/m1/s1. The van der Waals surface area contributed by atoms with Crippen LogP contribution in [0, 0.1) is 17.8 Å². The number of nitrogens with one attached hydrogen (secondary N) is 3. The maximum Gasteiger partial charge on any atom is 0.336 e. The number of amides is 4. The first-order chi connectivity index (χ1) is 18.2. The van der Waals surface area contributed by atoms with Gasteiger partial charge in [-0.15, -0.1) is 0 Å². The molecule has 2 rings (SSSR count). The Balaban J connectivity index is 2.21. The summed E-state index contributed by atoms with van der Waals surface area (Å²) < 4.78 is 0. The van der Waals surface area contributed by atoms with Gasteiger partial charge in [-0.1, -0.05) is 74.5 Å². The zero-order valence-electron chi connectivity index (χ0n) is 23.0. The monoisotopic (exact) mass is 525 g/mol. The molecule has 208 valence electrons. The SMILES string of the molecule is CC(C)C[C@@H](C(=O)NN(Cc1ccccc1)C(=O)NCCN(C)C)C(CCCc1ccccc1)C(=O)NO. The number of likely N-dealkylation sites (N-methyl/N-ethyl adjacent to an activating group) is 1. The fourth-order valence-electron chi connectivity index (χ4n) is 4.36. The maximum atomic E-state index is 13.7. The van der Waals surface area contributed by atoms with Crippen molar-refractivity contribution in [2.75, 3.05) is 27.2 Å². The molecule has 0 bridgehead atoms. The van der Waals surface area contributed by atoms with Crippen molar-refractivity contribution in [2.45, 2.75) is 46.1 Å². The Morgan fingerprint density at radius 3 is 2.03 bits per heavy atom. The molecule has 0 aliphatic rings. The third-order valence-electron chi connectivity index (χ3n) is 6.33. The number of hydrogen-bond donors (Lipinski definition) is 4. The average molecular weight is 526 g/mol. The first-order valence-corrected chi connectivity index (χ1v) is 13.2. The Labute approximate surface area is 226 Å². The molecule has 2 aromatic rings. The molecule has 0 heterocycles. The van der Waals surface area contributed by atoms with Crippen LogP contribution in [0.3, 0.4) is 0 Å². The van der Waals surface area contributed by atoms with Gasteiger partial charge in [0.15, 0.2) is 0 Å². The molecule has 0 radical (unpaired) electrons. The molecule has 4 amide bonds. The van der Waals surface area contributed by atoms with E-state index < -0.39 is 29.7 Å². The zero-order chi connectivity index (χ0) is 27.9. The molecule has 0 saturated carbocycles.